The van der Waals surface area contributed by atoms with Gasteiger partial charge in [0.05, 0.1) is 7.11 Å². The highest BCUT2D eigenvalue weighted by molar-refractivity contribution is 5.85. The monoisotopic (exact) mass is 221 g/mol. The summed E-state index contributed by atoms with van der Waals surface area (Å²) in [6, 6.07) is -0.712. The zero-order valence-corrected chi connectivity index (χ0v) is 8.71. The Morgan fingerprint density at radius 1 is 1.64 bits per heavy atom. The molecule has 0 aliphatic rings. The number of esters is 1. The number of methoxy groups -OCH3 is 1. The summed E-state index contributed by atoms with van der Waals surface area (Å²) in [4.78, 5) is 10.9. The van der Waals surface area contributed by atoms with Crippen LogP contribution < -0.4 is 5.73 Å². The number of halogens is 1. The number of ether oxygens (including phenoxy) is 1. The molecule has 0 amide bonds. The standard InChI is InChI=1S/C7H11N3O3.ClH/c1-4-6(10-13-9-4)3-5(8)7(11)12-2;/h5H,3,8H2,1-2H3;1H. The second-order valence-electron chi connectivity index (χ2n) is 2.63. The molecule has 0 fully saturated rings. The van der Waals surface area contributed by atoms with Crippen molar-refractivity contribution in [3.8, 4) is 0 Å². The number of carbonyl (C=O) groups excluding carboxylic acids is 1. The van der Waals surface area contributed by atoms with Crippen LogP contribution in [0.5, 0.6) is 0 Å². The van der Waals surface area contributed by atoms with E-state index in [1.54, 1.807) is 6.92 Å². The van der Waals surface area contributed by atoms with E-state index in [2.05, 4.69) is 19.7 Å². The number of carbonyl (C=O) groups is 1. The Labute approximate surface area is 87.2 Å². The van der Waals surface area contributed by atoms with Gasteiger partial charge in [-0.1, -0.05) is 10.3 Å². The van der Waals surface area contributed by atoms with Crippen molar-refractivity contribution in [1.82, 2.24) is 10.3 Å². The molecule has 1 unspecified atom stereocenters. The van der Waals surface area contributed by atoms with Crippen LogP contribution >= 0.6 is 12.4 Å². The van der Waals surface area contributed by atoms with Gasteiger partial charge >= 0.3 is 5.97 Å². The summed E-state index contributed by atoms with van der Waals surface area (Å²) in [7, 11) is 1.29. The average Bonchev–Trinajstić information content (AvgIpc) is 2.50. The van der Waals surface area contributed by atoms with Crippen LogP contribution in [0, 0.1) is 6.92 Å². The summed E-state index contributed by atoms with van der Waals surface area (Å²) in [6.07, 6.45) is 0.280. The lowest BCUT2D eigenvalue weighted by Gasteiger charge is -2.05. The molecule has 7 heteroatoms. The Balaban J connectivity index is 0.00000169. The summed E-state index contributed by atoms with van der Waals surface area (Å²) in [5.74, 6) is -0.470. The Morgan fingerprint density at radius 3 is 2.71 bits per heavy atom. The van der Waals surface area contributed by atoms with Gasteiger partial charge in [0.2, 0.25) is 0 Å². The first-order valence-corrected chi connectivity index (χ1v) is 3.76. The molecular formula is C7H12ClN3O3. The molecule has 6 nitrogen and oxygen atoms in total. The smallest absolute Gasteiger partial charge is 0.323 e. The lowest BCUT2D eigenvalue weighted by molar-refractivity contribution is -0.142. The minimum atomic E-state index is -0.712. The summed E-state index contributed by atoms with van der Waals surface area (Å²) in [5.41, 5.74) is 6.72. The Kier molecular flexibility index (Phi) is 5.11. The molecule has 1 aromatic rings. The van der Waals surface area contributed by atoms with Crippen LogP contribution in [-0.4, -0.2) is 29.4 Å². The average molecular weight is 222 g/mol. The van der Waals surface area contributed by atoms with E-state index in [1.807, 2.05) is 0 Å². The van der Waals surface area contributed by atoms with Gasteiger partial charge in [0.25, 0.3) is 0 Å². The molecule has 0 bridgehead atoms. The van der Waals surface area contributed by atoms with Crippen LogP contribution in [0.15, 0.2) is 4.63 Å². The molecule has 14 heavy (non-hydrogen) atoms. The highest BCUT2D eigenvalue weighted by Gasteiger charge is 2.17. The lowest BCUT2D eigenvalue weighted by Crippen LogP contribution is -2.33. The van der Waals surface area contributed by atoms with E-state index in [-0.39, 0.29) is 18.8 Å². The van der Waals surface area contributed by atoms with Crippen LogP contribution in [0.4, 0.5) is 0 Å². The highest BCUT2D eigenvalue weighted by Crippen LogP contribution is 2.03. The third-order valence-electron chi connectivity index (χ3n) is 1.66. The minimum absolute atomic E-state index is 0. The Hall–Kier alpha value is -1.14. The van der Waals surface area contributed by atoms with Crippen molar-refractivity contribution in [2.24, 2.45) is 5.73 Å². The van der Waals surface area contributed by atoms with E-state index in [0.29, 0.717) is 11.4 Å². The van der Waals surface area contributed by atoms with Gasteiger partial charge in [0.15, 0.2) is 0 Å². The maximum Gasteiger partial charge on any atom is 0.323 e. The van der Waals surface area contributed by atoms with Crippen molar-refractivity contribution in [2.45, 2.75) is 19.4 Å². The number of rotatable bonds is 3. The minimum Gasteiger partial charge on any atom is -0.468 e. The largest absolute Gasteiger partial charge is 0.468 e. The van der Waals surface area contributed by atoms with Crippen LogP contribution in [0.2, 0.25) is 0 Å². The highest BCUT2D eigenvalue weighted by atomic mass is 35.5. The molecule has 1 aromatic heterocycles. The number of nitrogens with two attached hydrogens (primary N) is 1. The van der Waals surface area contributed by atoms with Crippen molar-refractivity contribution in [3.63, 3.8) is 0 Å². The molecule has 1 rings (SSSR count). The predicted octanol–water partition coefficient (Wildman–Crippen LogP) is -0.157. The maximum absolute atomic E-state index is 10.9. The number of aromatic nitrogens is 2. The molecular weight excluding hydrogens is 210 g/mol. The molecule has 0 saturated heterocycles. The van der Waals surface area contributed by atoms with Gasteiger partial charge in [-0.2, -0.15) is 0 Å². The summed E-state index contributed by atoms with van der Waals surface area (Å²) in [6.45, 7) is 1.73. The van der Waals surface area contributed by atoms with Gasteiger partial charge in [-0.05, 0) is 6.92 Å². The topological polar surface area (TPSA) is 91.2 Å². The zero-order chi connectivity index (χ0) is 9.84. The second kappa shape index (κ2) is 5.56. The van der Waals surface area contributed by atoms with Crippen molar-refractivity contribution >= 4 is 18.4 Å². The van der Waals surface area contributed by atoms with Crippen molar-refractivity contribution in [3.05, 3.63) is 11.4 Å². The molecule has 0 saturated carbocycles. The van der Waals surface area contributed by atoms with Crippen LogP contribution in [-0.2, 0) is 16.0 Å². The summed E-state index contributed by atoms with van der Waals surface area (Å²) >= 11 is 0. The molecule has 1 heterocycles. The van der Waals surface area contributed by atoms with Gasteiger partial charge in [-0.3, -0.25) is 4.79 Å². The van der Waals surface area contributed by atoms with E-state index in [4.69, 9.17) is 5.73 Å². The van der Waals surface area contributed by atoms with E-state index >= 15 is 0 Å². The van der Waals surface area contributed by atoms with Crippen LogP contribution in [0.1, 0.15) is 11.4 Å². The van der Waals surface area contributed by atoms with Crippen LogP contribution in [0.25, 0.3) is 0 Å². The van der Waals surface area contributed by atoms with Crippen LogP contribution in [0.3, 0.4) is 0 Å². The fourth-order valence-corrected chi connectivity index (χ4v) is 0.878. The van der Waals surface area contributed by atoms with Gasteiger partial charge in [0, 0.05) is 6.42 Å². The van der Waals surface area contributed by atoms with Gasteiger partial charge < -0.3 is 10.5 Å². The molecule has 80 valence electrons. The summed E-state index contributed by atoms with van der Waals surface area (Å²) < 4.78 is 8.91. The molecule has 0 aliphatic carbocycles. The SMILES string of the molecule is COC(=O)C(N)Cc1nonc1C.Cl. The van der Waals surface area contributed by atoms with E-state index in [1.165, 1.54) is 7.11 Å². The molecule has 0 aromatic carbocycles. The number of nitrogens with zero attached hydrogens (tertiary/aromatic N) is 2. The van der Waals surface area contributed by atoms with Gasteiger partial charge in [-0.25, -0.2) is 4.63 Å². The number of aryl methyl sites for hydroxylation is 1. The third-order valence-corrected chi connectivity index (χ3v) is 1.66. The second-order valence-corrected chi connectivity index (χ2v) is 2.63. The quantitative estimate of drug-likeness (QED) is 0.714. The Morgan fingerprint density at radius 2 is 2.29 bits per heavy atom. The summed E-state index contributed by atoms with van der Waals surface area (Å²) in [5, 5.41) is 7.16. The lowest BCUT2D eigenvalue weighted by atomic mass is 10.1. The first-order valence-electron chi connectivity index (χ1n) is 3.76. The first-order chi connectivity index (χ1) is 6.15. The van der Waals surface area contributed by atoms with E-state index in [9.17, 15) is 4.79 Å². The fraction of sp³-hybridized carbons (Fsp3) is 0.571. The maximum atomic E-state index is 10.9. The molecule has 2 N–H and O–H groups in total. The fourth-order valence-electron chi connectivity index (χ4n) is 0.878. The molecule has 0 spiro atoms. The van der Waals surface area contributed by atoms with Crippen molar-refractivity contribution < 1.29 is 14.2 Å². The van der Waals surface area contributed by atoms with Gasteiger partial charge in [0.1, 0.15) is 17.4 Å². The zero-order valence-electron chi connectivity index (χ0n) is 7.89. The first kappa shape index (κ1) is 12.9. The molecule has 1 atom stereocenters. The van der Waals surface area contributed by atoms with Crippen molar-refractivity contribution in [2.75, 3.05) is 7.11 Å². The van der Waals surface area contributed by atoms with Gasteiger partial charge in [-0.15, -0.1) is 12.4 Å². The molecule has 0 aliphatic heterocycles. The number of hydrogen-bond donors (Lipinski definition) is 1. The van der Waals surface area contributed by atoms with E-state index in [0.717, 1.165) is 0 Å². The normalized spacial score (nSPS) is 11.6. The van der Waals surface area contributed by atoms with E-state index < -0.39 is 12.0 Å². The predicted molar refractivity (Wildman–Crippen MR) is 50.0 cm³/mol. The number of hydrogen-bond acceptors (Lipinski definition) is 6. The Bertz CT molecular complexity index is 302. The third kappa shape index (κ3) is 2.97. The molecule has 0 radical (unpaired) electrons. The van der Waals surface area contributed by atoms with Crippen molar-refractivity contribution in [1.29, 1.82) is 0 Å².